The van der Waals surface area contributed by atoms with Gasteiger partial charge in [-0.15, -0.1) is 0 Å². The SMILES string of the molecule is CCOC(=O)C(C)S(C)(C)c1ccc(N)cc1. The number of nitrogens with two attached hydrogens (primary N) is 1. The molecular formula is C13H21NO2S. The van der Waals surface area contributed by atoms with Crippen LogP contribution in [-0.4, -0.2) is 30.3 Å². The number of benzene rings is 1. The van der Waals surface area contributed by atoms with E-state index in [1.165, 1.54) is 4.90 Å². The normalized spacial score (nSPS) is 14.1. The predicted octanol–water partition coefficient (Wildman–Crippen LogP) is 2.64. The van der Waals surface area contributed by atoms with Gasteiger partial charge in [0.15, 0.2) is 0 Å². The maximum absolute atomic E-state index is 11.8. The Labute approximate surface area is 105 Å². The summed E-state index contributed by atoms with van der Waals surface area (Å²) in [5.41, 5.74) is 6.41. The minimum Gasteiger partial charge on any atom is -0.465 e. The highest BCUT2D eigenvalue weighted by atomic mass is 32.3. The van der Waals surface area contributed by atoms with Gasteiger partial charge < -0.3 is 10.5 Å². The minimum absolute atomic E-state index is 0.105. The molecule has 1 atom stereocenters. The highest BCUT2D eigenvalue weighted by Crippen LogP contribution is 2.53. The maximum Gasteiger partial charge on any atom is 0.317 e. The van der Waals surface area contributed by atoms with Gasteiger partial charge in [0.1, 0.15) is 0 Å². The van der Waals surface area contributed by atoms with Crippen molar-refractivity contribution >= 4 is 21.7 Å². The number of anilines is 1. The maximum atomic E-state index is 11.8. The van der Waals surface area contributed by atoms with E-state index < -0.39 is 10.0 Å². The zero-order chi connectivity index (χ0) is 13.1. The number of nitrogen functional groups attached to an aromatic ring is 1. The number of esters is 1. The molecule has 2 N–H and O–H groups in total. The highest BCUT2D eigenvalue weighted by molar-refractivity contribution is 8.33. The van der Waals surface area contributed by atoms with E-state index in [9.17, 15) is 4.79 Å². The fourth-order valence-corrected chi connectivity index (χ4v) is 3.32. The molecule has 0 aromatic heterocycles. The minimum atomic E-state index is -1.21. The molecule has 0 aliphatic rings. The molecule has 1 rings (SSSR count). The average Bonchev–Trinajstić information content (AvgIpc) is 2.29. The van der Waals surface area contributed by atoms with E-state index in [1.54, 1.807) is 0 Å². The summed E-state index contributed by atoms with van der Waals surface area (Å²) in [6, 6.07) is 7.75. The van der Waals surface area contributed by atoms with Crippen molar-refractivity contribution in [3.8, 4) is 0 Å². The molecule has 0 radical (unpaired) electrons. The van der Waals surface area contributed by atoms with Crippen molar-refractivity contribution in [1.29, 1.82) is 0 Å². The summed E-state index contributed by atoms with van der Waals surface area (Å²) in [5, 5.41) is -0.105. The van der Waals surface area contributed by atoms with Gasteiger partial charge in [-0.1, -0.05) is 0 Å². The number of carbonyl (C=O) groups excluding carboxylic acids is 1. The Bertz CT molecular complexity index is 387. The number of hydrogen-bond donors (Lipinski definition) is 1. The van der Waals surface area contributed by atoms with E-state index in [-0.39, 0.29) is 11.2 Å². The van der Waals surface area contributed by atoms with Crippen LogP contribution in [0.4, 0.5) is 5.69 Å². The monoisotopic (exact) mass is 255 g/mol. The summed E-state index contributed by atoms with van der Waals surface area (Å²) in [7, 11) is -1.21. The lowest BCUT2D eigenvalue weighted by Crippen LogP contribution is -2.25. The van der Waals surface area contributed by atoms with Crippen LogP contribution in [0.15, 0.2) is 29.2 Å². The number of hydrogen-bond acceptors (Lipinski definition) is 3. The summed E-state index contributed by atoms with van der Waals surface area (Å²) in [6.07, 6.45) is 4.25. The lowest BCUT2D eigenvalue weighted by Gasteiger charge is -2.36. The molecule has 0 amide bonds. The van der Waals surface area contributed by atoms with Gasteiger partial charge in [0.05, 0.1) is 11.9 Å². The van der Waals surface area contributed by atoms with Gasteiger partial charge in [0.2, 0.25) is 0 Å². The molecule has 17 heavy (non-hydrogen) atoms. The van der Waals surface area contributed by atoms with Gasteiger partial charge in [-0.3, -0.25) is 4.79 Å². The lowest BCUT2D eigenvalue weighted by atomic mass is 10.3. The summed E-state index contributed by atoms with van der Waals surface area (Å²) in [6.45, 7) is 4.19. The molecule has 0 aliphatic heterocycles. The number of ether oxygens (including phenoxy) is 1. The Morgan fingerprint density at radius 2 is 1.88 bits per heavy atom. The van der Waals surface area contributed by atoms with Crippen LogP contribution in [0.2, 0.25) is 0 Å². The first-order valence-electron chi connectivity index (χ1n) is 5.64. The van der Waals surface area contributed by atoms with E-state index >= 15 is 0 Å². The Hall–Kier alpha value is -1.16. The first-order chi connectivity index (χ1) is 7.89. The summed E-state index contributed by atoms with van der Waals surface area (Å²) >= 11 is 0. The van der Waals surface area contributed by atoms with E-state index in [2.05, 4.69) is 12.5 Å². The zero-order valence-corrected chi connectivity index (χ0v) is 11.7. The van der Waals surface area contributed by atoms with Crippen molar-refractivity contribution in [1.82, 2.24) is 0 Å². The summed E-state index contributed by atoms with van der Waals surface area (Å²) in [5.74, 6) is -0.121. The van der Waals surface area contributed by atoms with Gasteiger partial charge in [-0.2, -0.15) is 0 Å². The predicted molar refractivity (Wildman–Crippen MR) is 74.7 cm³/mol. The molecule has 0 fully saturated rings. The average molecular weight is 255 g/mol. The standard InChI is InChI=1S/C13H21NO2S/c1-5-16-13(15)10(2)17(3,4)12-8-6-11(14)7-9-12/h6-10H,5,14H2,1-4H3. The van der Waals surface area contributed by atoms with Crippen LogP contribution in [0.1, 0.15) is 13.8 Å². The molecule has 1 aromatic rings. The molecule has 96 valence electrons. The molecule has 0 saturated heterocycles. The Morgan fingerprint density at radius 3 is 2.35 bits per heavy atom. The van der Waals surface area contributed by atoms with E-state index in [0.717, 1.165) is 5.69 Å². The van der Waals surface area contributed by atoms with Gasteiger partial charge in [0, 0.05) is 5.69 Å². The molecule has 0 heterocycles. The quantitative estimate of drug-likeness (QED) is 0.664. The smallest absolute Gasteiger partial charge is 0.317 e. The van der Waals surface area contributed by atoms with Crippen molar-refractivity contribution in [2.75, 3.05) is 24.9 Å². The van der Waals surface area contributed by atoms with Crippen LogP contribution in [-0.2, 0) is 9.53 Å². The van der Waals surface area contributed by atoms with E-state index in [1.807, 2.05) is 38.1 Å². The van der Waals surface area contributed by atoms with Crippen LogP contribution in [0.5, 0.6) is 0 Å². The van der Waals surface area contributed by atoms with Crippen molar-refractivity contribution in [3.05, 3.63) is 24.3 Å². The molecule has 3 nitrogen and oxygen atoms in total. The van der Waals surface area contributed by atoms with Crippen molar-refractivity contribution in [3.63, 3.8) is 0 Å². The second-order valence-electron chi connectivity index (χ2n) is 4.37. The van der Waals surface area contributed by atoms with Crippen molar-refractivity contribution in [2.45, 2.75) is 24.0 Å². The third-order valence-electron chi connectivity index (χ3n) is 2.99. The van der Waals surface area contributed by atoms with Crippen LogP contribution >= 0.6 is 10.0 Å². The Morgan fingerprint density at radius 1 is 1.35 bits per heavy atom. The topological polar surface area (TPSA) is 52.3 Å². The summed E-state index contributed by atoms with van der Waals surface area (Å²) < 4.78 is 5.09. The molecule has 0 bridgehead atoms. The van der Waals surface area contributed by atoms with Crippen LogP contribution in [0.3, 0.4) is 0 Å². The second kappa shape index (κ2) is 5.45. The molecular weight excluding hydrogens is 234 g/mol. The van der Waals surface area contributed by atoms with E-state index in [0.29, 0.717) is 6.61 Å². The zero-order valence-electron chi connectivity index (χ0n) is 10.9. The van der Waals surface area contributed by atoms with Crippen LogP contribution in [0, 0.1) is 0 Å². The number of carbonyl (C=O) groups is 1. The Balaban J connectivity index is 2.93. The highest BCUT2D eigenvalue weighted by Gasteiger charge is 2.29. The summed E-state index contributed by atoms with van der Waals surface area (Å²) in [4.78, 5) is 13.0. The molecule has 1 unspecified atom stereocenters. The largest absolute Gasteiger partial charge is 0.465 e. The molecule has 1 aromatic carbocycles. The Kier molecular flexibility index (Phi) is 4.46. The van der Waals surface area contributed by atoms with Crippen LogP contribution < -0.4 is 5.73 Å². The van der Waals surface area contributed by atoms with Gasteiger partial charge in [-0.05, 0) is 55.5 Å². The molecule has 0 spiro atoms. The van der Waals surface area contributed by atoms with Gasteiger partial charge in [-0.25, -0.2) is 10.0 Å². The van der Waals surface area contributed by atoms with Gasteiger partial charge in [0.25, 0.3) is 0 Å². The molecule has 0 aliphatic carbocycles. The first-order valence-corrected chi connectivity index (χ1v) is 8.15. The van der Waals surface area contributed by atoms with Crippen LogP contribution in [0.25, 0.3) is 0 Å². The third-order valence-corrected chi connectivity index (χ3v) is 6.44. The number of rotatable bonds is 4. The third kappa shape index (κ3) is 3.16. The second-order valence-corrected chi connectivity index (χ2v) is 8.36. The van der Waals surface area contributed by atoms with E-state index in [4.69, 9.17) is 10.5 Å². The fraction of sp³-hybridized carbons (Fsp3) is 0.462. The van der Waals surface area contributed by atoms with Crippen molar-refractivity contribution in [2.24, 2.45) is 0 Å². The van der Waals surface area contributed by atoms with Gasteiger partial charge >= 0.3 is 5.97 Å². The first kappa shape index (κ1) is 13.9. The molecule has 0 saturated carbocycles. The van der Waals surface area contributed by atoms with Crippen molar-refractivity contribution < 1.29 is 9.53 Å². The fourth-order valence-electron chi connectivity index (χ4n) is 1.52. The lowest BCUT2D eigenvalue weighted by molar-refractivity contribution is -0.142. The molecule has 4 heteroatoms.